The summed E-state index contributed by atoms with van der Waals surface area (Å²) in [5.41, 5.74) is 1.05. The molecule has 3 aliphatic carbocycles. The Morgan fingerprint density at radius 1 is 1.45 bits per heavy atom. The fourth-order valence-corrected chi connectivity index (χ4v) is 3.93. The number of ether oxygens (including phenoxy) is 1. The van der Waals surface area contributed by atoms with Gasteiger partial charge in [0.2, 0.25) is 6.41 Å². The Morgan fingerprint density at radius 2 is 2.32 bits per heavy atom. The molecule has 1 saturated carbocycles. The van der Waals surface area contributed by atoms with Crippen molar-refractivity contribution in [2.45, 2.75) is 19.3 Å². The molecule has 22 heavy (non-hydrogen) atoms. The molecule has 4 rings (SSSR count). The number of esters is 1. The average Bonchev–Trinajstić information content (AvgIpc) is 3.02. The minimum absolute atomic E-state index is 0.349. The molecule has 3 atom stereocenters. The van der Waals surface area contributed by atoms with Crippen LogP contribution in [0.4, 0.5) is 5.13 Å². The van der Waals surface area contributed by atoms with Gasteiger partial charge < -0.3 is 10.1 Å². The zero-order chi connectivity index (χ0) is 15.5. The van der Waals surface area contributed by atoms with Crippen molar-refractivity contribution >= 4 is 34.4 Å². The van der Waals surface area contributed by atoms with Crippen molar-refractivity contribution < 1.29 is 14.3 Å². The van der Waals surface area contributed by atoms with Crippen molar-refractivity contribution in [1.29, 1.82) is 0 Å². The molecule has 5 nitrogen and oxygen atoms in total. The Balaban J connectivity index is 1.89. The summed E-state index contributed by atoms with van der Waals surface area (Å²) in [6.45, 7) is 0. The zero-order valence-electron chi connectivity index (χ0n) is 12.3. The normalized spacial score (nSPS) is 26.8. The Labute approximate surface area is 133 Å². The summed E-state index contributed by atoms with van der Waals surface area (Å²) < 4.78 is 4.91. The average molecular weight is 318 g/mol. The van der Waals surface area contributed by atoms with Crippen molar-refractivity contribution in [2.75, 3.05) is 12.4 Å². The summed E-state index contributed by atoms with van der Waals surface area (Å²) >= 11 is 1.29. The number of hydrogen-bond acceptors (Lipinski definition) is 5. The number of nitrogens with one attached hydrogen (secondary N) is 1. The van der Waals surface area contributed by atoms with E-state index in [9.17, 15) is 9.59 Å². The summed E-state index contributed by atoms with van der Waals surface area (Å²) in [6.07, 6.45) is 10.6. The van der Waals surface area contributed by atoms with Crippen LogP contribution in [0.3, 0.4) is 0 Å². The van der Waals surface area contributed by atoms with E-state index in [0.29, 0.717) is 40.6 Å². The molecule has 1 N–H and O–H groups in total. The van der Waals surface area contributed by atoms with Crippen molar-refractivity contribution in [3.8, 4) is 0 Å². The molecule has 2 bridgehead atoms. The smallest absolute Gasteiger partial charge is 0.339 e. The molecular weight excluding hydrogens is 300 g/mol. The molecule has 116 valence electrons. The number of rotatable bonds is 5. The highest BCUT2D eigenvalue weighted by Crippen LogP contribution is 2.42. The Hall–Kier alpha value is -1.95. The van der Waals surface area contributed by atoms with Gasteiger partial charge in [0.05, 0.1) is 18.4 Å². The third kappa shape index (κ3) is 2.97. The van der Waals surface area contributed by atoms with Crippen LogP contribution in [0.15, 0.2) is 23.6 Å². The number of fused-ring (bicyclic) bond motifs is 2. The van der Waals surface area contributed by atoms with E-state index >= 15 is 0 Å². The highest BCUT2D eigenvalue weighted by atomic mass is 32.1. The van der Waals surface area contributed by atoms with Crippen molar-refractivity contribution in [2.24, 2.45) is 17.8 Å². The summed E-state index contributed by atoms with van der Waals surface area (Å²) in [5.74, 6) is 1.08. The monoisotopic (exact) mass is 318 g/mol. The first kappa shape index (κ1) is 15.0. The predicted octanol–water partition coefficient (Wildman–Crippen LogP) is 2.87. The molecule has 3 aliphatic rings. The standard InChI is InChI=1S/C16H18N2O3S/c1-21-15(20)13(14-8-22-16(18-14)17-9-19)7-12-6-10-2-4-11(12)5-3-10/h2,4,7-12H,3,5-6H2,1H3,(H,17,18,19)/b13-7-. The molecule has 1 amide bonds. The fourth-order valence-electron chi connectivity index (χ4n) is 3.26. The number of amides is 1. The highest BCUT2D eigenvalue weighted by molar-refractivity contribution is 7.14. The second-order valence-corrected chi connectivity index (χ2v) is 6.52. The quantitative estimate of drug-likeness (QED) is 0.392. The number of anilines is 1. The van der Waals surface area contributed by atoms with Crippen LogP contribution in [0.5, 0.6) is 0 Å². The highest BCUT2D eigenvalue weighted by Gasteiger charge is 2.32. The van der Waals surface area contributed by atoms with Crippen LogP contribution in [0.2, 0.25) is 0 Å². The zero-order valence-corrected chi connectivity index (χ0v) is 13.1. The molecule has 6 heteroatoms. The van der Waals surface area contributed by atoms with Crippen molar-refractivity contribution in [3.63, 3.8) is 0 Å². The lowest BCUT2D eigenvalue weighted by Crippen LogP contribution is -2.26. The number of carbonyl (C=O) groups is 2. The summed E-state index contributed by atoms with van der Waals surface area (Å²) in [7, 11) is 1.38. The molecular formula is C16H18N2O3S. The first-order chi connectivity index (χ1) is 10.7. The summed E-state index contributed by atoms with van der Waals surface area (Å²) in [6, 6.07) is 0. The van der Waals surface area contributed by atoms with Gasteiger partial charge in [0, 0.05) is 5.38 Å². The van der Waals surface area contributed by atoms with E-state index in [-0.39, 0.29) is 5.97 Å². The predicted molar refractivity (Wildman–Crippen MR) is 85.3 cm³/mol. The summed E-state index contributed by atoms with van der Waals surface area (Å²) in [4.78, 5) is 26.9. The molecule has 0 aliphatic heterocycles. The van der Waals surface area contributed by atoms with Crippen LogP contribution in [0, 0.1) is 17.8 Å². The molecule has 1 aromatic heterocycles. The SMILES string of the molecule is COC(=O)/C(=C\C1CC2C=CC1CC2)c1csc(NC=O)n1. The van der Waals surface area contributed by atoms with Crippen molar-refractivity contribution in [3.05, 3.63) is 29.3 Å². The topological polar surface area (TPSA) is 68.3 Å². The van der Waals surface area contributed by atoms with Gasteiger partial charge in [-0.3, -0.25) is 4.79 Å². The Bertz CT molecular complexity index is 635. The lowest BCUT2D eigenvalue weighted by atomic mass is 9.68. The number of hydrogen-bond donors (Lipinski definition) is 1. The molecule has 1 fully saturated rings. The van der Waals surface area contributed by atoms with Crippen LogP contribution in [0.1, 0.15) is 25.0 Å². The lowest BCUT2D eigenvalue weighted by Gasteiger charge is -2.36. The largest absolute Gasteiger partial charge is 0.465 e. The van der Waals surface area contributed by atoms with E-state index in [1.807, 2.05) is 6.08 Å². The minimum Gasteiger partial charge on any atom is -0.465 e. The maximum Gasteiger partial charge on any atom is 0.339 e. The van der Waals surface area contributed by atoms with E-state index in [4.69, 9.17) is 4.74 Å². The first-order valence-electron chi connectivity index (χ1n) is 7.35. The van der Waals surface area contributed by atoms with E-state index in [1.165, 1.54) is 31.3 Å². The van der Waals surface area contributed by atoms with Gasteiger partial charge in [-0.05, 0) is 37.0 Å². The van der Waals surface area contributed by atoms with E-state index < -0.39 is 0 Å². The molecule has 0 radical (unpaired) electrons. The maximum absolute atomic E-state index is 12.1. The fraction of sp³-hybridized carbons (Fsp3) is 0.438. The van der Waals surface area contributed by atoms with Gasteiger partial charge in [-0.15, -0.1) is 11.3 Å². The van der Waals surface area contributed by atoms with E-state index in [1.54, 1.807) is 5.38 Å². The number of nitrogens with zero attached hydrogens (tertiary/aromatic N) is 1. The Kier molecular flexibility index (Phi) is 4.38. The van der Waals surface area contributed by atoms with Crippen LogP contribution < -0.4 is 5.32 Å². The van der Waals surface area contributed by atoms with Crippen LogP contribution >= 0.6 is 11.3 Å². The molecule has 0 aromatic carbocycles. The second-order valence-electron chi connectivity index (χ2n) is 5.66. The second kappa shape index (κ2) is 6.44. The lowest BCUT2D eigenvalue weighted by molar-refractivity contribution is -0.133. The van der Waals surface area contributed by atoms with Gasteiger partial charge in [-0.25, -0.2) is 9.78 Å². The molecule has 0 saturated heterocycles. The number of thiazole rings is 1. The van der Waals surface area contributed by atoms with Crippen LogP contribution in [-0.4, -0.2) is 24.5 Å². The molecule has 1 heterocycles. The van der Waals surface area contributed by atoms with Crippen LogP contribution in [-0.2, 0) is 14.3 Å². The van der Waals surface area contributed by atoms with Gasteiger partial charge >= 0.3 is 5.97 Å². The molecule has 1 aromatic rings. The Morgan fingerprint density at radius 3 is 2.91 bits per heavy atom. The number of carbonyl (C=O) groups excluding carboxylic acids is 2. The van der Waals surface area contributed by atoms with Gasteiger partial charge in [0.1, 0.15) is 0 Å². The molecule has 0 spiro atoms. The van der Waals surface area contributed by atoms with E-state index in [2.05, 4.69) is 22.5 Å². The van der Waals surface area contributed by atoms with Gasteiger partial charge in [-0.1, -0.05) is 18.2 Å². The number of allylic oxidation sites excluding steroid dienone is 3. The van der Waals surface area contributed by atoms with Gasteiger partial charge in [0.25, 0.3) is 0 Å². The molecule has 3 unspecified atom stereocenters. The van der Waals surface area contributed by atoms with Gasteiger partial charge in [0.15, 0.2) is 5.13 Å². The third-order valence-electron chi connectivity index (χ3n) is 4.37. The van der Waals surface area contributed by atoms with Gasteiger partial charge in [-0.2, -0.15) is 0 Å². The number of methoxy groups -OCH3 is 1. The summed E-state index contributed by atoms with van der Waals surface area (Å²) in [5, 5.41) is 4.75. The van der Waals surface area contributed by atoms with Crippen LogP contribution in [0.25, 0.3) is 5.57 Å². The van der Waals surface area contributed by atoms with Crippen molar-refractivity contribution in [1.82, 2.24) is 4.98 Å². The maximum atomic E-state index is 12.1. The number of aromatic nitrogens is 1. The first-order valence-corrected chi connectivity index (χ1v) is 8.23. The third-order valence-corrected chi connectivity index (χ3v) is 5.15. The minimum atomic E-state index is -0.381. The van der Waals surface area contributed by atoms with E-state index in [0.717, 1.165) is 6.42 Å².